The van der Waals surface area contributed by atoms with Crippen molar-refractivity contribution in [1.29, 1.82) is 0 Å². The highest BCUT2D eigenvalue weighted by Crippen LogP contribution is 2.29. The Morgan fingerprint density at radius 3 is 2.74 bits per heavy atom. The van der Waals surface area contributed by atoms with Crippen LogP contribution in [0.3, 0.4) is 0 Å². The Labute approximate surface area is 117 Å². The van der Waals surface area contributed by atoms with Crippen LogP contribution in [0.5, 0.6) is 0 Å². The van der Waals surface area contributed by atoms with Gasteiger partial charge in [0, 0.05) is 23.6 Å². The van der Waals surface area contributed by atoms with Crippen molar-refractivity contribution in [3.8, 4) is 0 Å². The van der Waals surface area contributed by atoms with Gasteiger partial charge in [-0.2, -0.15) is 0 Å². The third-order valence-corrected chi connectivity index (χ3v) is 4.73. The fourth-order valence-corrected chi connectivity index (χ4v) is 3.65. The molecule has 2 heteroatoms. The number of fused-ring (bicyclic) bond motifs is 1. The van der Waals surface area contributed by atoms with E-state index in [0.29, 0.717) is 0 Å². The molecule has 0 unspecified atom stereocenters. The monoisotopic (exact) mass is 258 g/mol. The Morgan fingerprint density at radius 2 is 1.89 bits per heavy atom. The summed E-state index contributed by atoms with van der Waals surface area (Å²) in [6.07, 6.45) is 12.2. The average Bonchev–Trinajstić information content (AvgIpc) is 2.45. The zero-order valence-electron chi connectivity index (χ0n) is 12.2. The van der Waals surface area contributed by atoms with E-state index in [4.69, 9.17) is 4.98 Å². The molecule has 1 heterocycles. The normalized spacial score (nSPS) is 20.1. The first-order valence-corrected chi connectivity index (χ1v) is 8.06. The van der Waals surface area contributed by atoms with Gasteiger partial charge in [0.1, 0.15) is 0 Å². The van der Waals surface area contributed by atoms with Crippen molar-refractivity contribution in [2.75, 3.05) is 11.9 Å². The molecule has 0 amide bonds. The lowest BCUT2D eigenvalue weighted by Crippen LogP contribution is -2.19. The van der Waals surface area contributed by atoms with Gasteiger partial charge >= 0.3 is 0 Å². The minimum Gasteiger partial charge on any atom is -0.384 e. The number of hydrogen-bond donors (Lipinski definition) is 1. The number of rotatable bonds is 3. The second-order valence-corrected chi connectivity index (χ2v) is 6.33. The van der Waals surface area contributed by atoms with Crippen LogP contribution in [-0.4, -0.2) is 11.5 Å². The number of nitrogens with one attached hydrogen (secondary N) is 1. The second-order valence-electron chi connectivity index (χ2n) is 6.33. The highest BCUT2D eigenvalue weighted by Gasteiger charge is 2.17. The summed E-state index contributed by atoms with van der Waals surface area (Å²) in [4.78, 5) is 4.73. The third-order valence-electron chi connectivity index (χ3n) is 4.73. The SMILES string of the molecule is Cc1cc(NCC2CCCCC2)c2c(n1)CCCC2. The van der Waals surface area contributed by atoms with Crippen LogP contribution in [0.1, 0.15) is 61.9 Å². The molecule has 0 saturated heterocycles. The first-order valence-electron chi connectivity index (χ1n) is 8.06. The van der Waals surface area contributed by atoms with Crippen molar-refractivity contribution in [3.05, 3.63) is 23.0 Å². The van der Waals surface area contributed by atoms with Crippen LogP contribution in [0.4, 0.5) is 5.69 Å². The van der Waals surface area contributed by atoms with E-state index >= 15 is 0 Å². The Morgan fingerprint density at radius 1 is 1.11 bits per heavy atom. The number of aryl methyl sites for hydroxylation is 2. The molecule has 2 aliphatic carbocycles. The molecule has 1 saturated carbocycles. The smallest absolute Gasteiger partial charge is 0.0459 e. The lowest BCUT2D eigenvalue weighted by molar-refractivity contribution is 0.373. The minimum absolute atomic E-state index is 0.890. The molecule has 1 aromatic rings. The van der Waals surface area contributed by atoms with E-state index < -0.39 is 0 Å². The van der Waals surface area contributed by atoms with Crippen molar-refractivity contribution in [2.24, 2.45) is 5.92 Å². The van der Waals surface area contributed by atoms with Crippen LogP contribution in [0.15, 0.2) is 6.07 Å². The molecule has 104 valence electrons. The standard InChI is InChI=1S/C17H26N2/c1-13-11-17(15-9-5-6-10-16(15)19-13)18-12-14-7-3-2-4-8-14/h11,14H,2-10,12H2,1H3,(H,18,19). The van der Waals surface area contributed by atoms with Crippen LogP contribution in [0, 0.1) is 12.8 Å². The molecule has 0 atom stereocenters. The fourth-order valence-electron chi connectivity index (χ4n) is 3.65. The van der Waals surface area contributed by atoms with Gasteiger partial charge in [-0.1, -0.05) is 19.3 Å². The van der Waals surface area contributed by atoms with Crippen LogP contribution in [0.25, 0.3) is 0 Å². The Balaban J connectivity index is 1.70. The number of aromatic nitrogens is 1. The molecule has 0 aromatic carbocycles. The zero-order valence-corrected chi connectivity index (χ0v) is 12.2. The maximum absolute atomic E-state index is 4.73. The van der Waals surface area contributed by atoms with E-state index in [-0.39, 0.29) is 0 Å². The van der Waals surface area contributed by atoms with Gasteiger partial charge in [-0.25, -0.2) is 0 Å². The van der Waals surface area contributed by atoms with Gasteiger partial charge in [0.05, 0.1) is 0 Å². The fraction of sp³-hybridized carbons (Fsp3) is 0.706. The molecule has 0 radical (unpaired) electrons. The van der Waals surface area contributed by atoms with E-state index in [1.807, 2.05) is 0 Å². The van der Waals surface area contributed by atoms with Gasteiger partial charge in [0.2, 0.25) is 0 Å². The van der Waals surface area contributed by atoms with Gasteiger partial charge in [0.15, 0.2) is 0 Å². The van der Waals surface area contributed by atoms with Crippen LogP contribution in [0.2, 0.25) is 0 Å². The molecule has 0 spiro atoms. The highest BCUT2D eigenvalue weighted by atomic mass is 14.9. The summed E-state index contributed by atoms with van der Waals surface area (Å²) < 4.78 is 0. The van der Waals surface area contributed by atoms with Crippen molar-refractivity contribution in [3.63, 3.8) is 0 Å². The topological polar surface area (TPSA) is 24.9 Å². The van der Waals surface area contributed by atoms with Gasteiger partial charge < -0.3 is 5.32 Å². The van der Waals surface area contributed by atoms with E-state index in [2.05, 4.69) is 18.3 Å². The maximum atomic E-state index is 4.73. The lowest BCUT2D eigenvalue weighted by Gasteiger charge is -2.25. The average molecular weight is 258 g/mol. The van der Waals surface area contributed by atoms with Crippen LogP contribution < -0.4 is 5.32 Å². The quantitative estimate of drug-likeness (QED) is 0.876. The van der Waals surface area contributed by atoms with Crippen molar-refractivity contribution >= 4 is 5.69 Å². The van der Waals surface area contributed by atoms with E-state index in [1.165, 1.54) is 80.4 Å². The maximum Gasteiger partial charge on any atom is 0.0459 e. The van der Waals surface area contributed by atoms with E-state index in [0.717, 1.165) is 12.5 Å². The highest BCUT2D eigenvalue weighted by molar-refractivity contribution is 5.54. The summed E-state index contributed by atoms with van der Waals surface area (Å²) >= 11 is 0. The van der Waals surface area contributed by atoms with Gasteiger partial charge in [-0.3, -0.25) is 4.98 Å². The molecule has 2 nitrogen and oxygen atoms in total. The van der Waals surface area contributed by atoms with Crippen molar-refractivity contribution < 1.29 is 0 Å². The predicted molar refractivity (Wildman–Crippen MR) is 80.7 cm³/mol. The van der Waals surface area contributed by atoms with E-state index in [1.54, 1.807) is 0 Å². The summed E-state index contributed by atoms with van der Waals surface area (Å²) in [7, 11) is 0. The van der Waals surface area contributed by atoms with E-state index in [9.17, 15) is 0 Å². The first kappa shape index (κ1) is 13.0. The summed E-state index contributed by atoms with van der Waals surface area (Å²) in [6, 6.07) is 2.26. The third kappa shape index (κ3) is 3.10. The number of anilines is 1. The van der Waals surface area contributed by atoms with Crippen LogP contribution >= 0.6 is 0 Å². The Kier molecular flexibility index (Phi) is 4.05. The zero-order chi connectivity index (χ0) is 13.1. The van der Waals surface area contributed by atoms with Gasteiger partial charge in [-0.05, 0) is 63.0 Å². The predicted octanol–water partition coefficient (Wildman–Crippen LogP) is 4.26. The first-order chi connectivity index (χ1) is 9.33. The molecule has 0 bridgehead atoms. The summed E-state index contributed by atoms with van der Waals surface area (Å²) in [5.74, 6) is 0.890. The largest absolute Gasteiger partial charge is 0.384 e. The molecule has 1 N–H and O–H groups in total. The molecule has 2 aliphatic rings. The molecule has 1 aromatic heterocycles. The number of pyridine rings is 1. The van der Waals surface area contributed by atoms with Gasteiger partial charge in [-0.15, -0.1) is 0 Å². The Hall–Kier alpha value is -1.05. The molecule has 3 rings (SSSR count). The van der Waals surface area contributed by atoms with Crippen LogP contribution in [-0.2, 0) is 12.8 Å². The summed E-state index contributed by atoms with van der Waals surface area (Å²) in [6.45, 7) is 3.29. The van der Waals surface area contributed by atoms with Crippen molar-refractivity contribution in [1.82, 2.24) is 4.98 Å². The minimum atomic E-state index is 0.890. The summed E-state index contributed by atoms with van der Waals surface area (Å²) in [5, 5.41) is 3.74. The molecular weight excluding hydrogens is 232 g/mol. The Bertz CT molecular complexity index is 433. The van der Waals surface area contributed by atoms with Gasteiger partial charge in [0.25, 0.3) is 0 Å². The second kappa shape index (κ2) is 5.94. The van der Waals surface area contributed by atoms with Crippen molar-refractivity contribution in [2.45, 2.75) is 64.7 Å². The number of hydrogen-bond acceptors (Lipinski definition) is 2. The number of nitrogens with zero attached hydrogens (tertiary/aromatic N) is 1. The molecule has 1 fully saturated rings. The molecular formula is C17H26N2. The lowest BCUT2D eigenvalue weighted by atomic mass is 9.89. The summed E-state index contributed by atoms with van der Waals surface area (Å²) in [5.41, 5.74) is 5.42. The molecule has 19 heavy (non-hydrogen) atoms. The molecule has 0 aliphatic heterocycles.